The maximum absolute atomic E-state index is 12.0. The molecule has 2 rings (SSSR count). The maximum Gasteiger partial charge on any atom is 0.240 e. The van der Waals surface area contributed by atoms with Crippen LogP contribution in [0.3, 0.4) is 0 Å². The van der Waals surface area contributed by atoms with Crippen LogP contribution >= 0.6 is 0 Å². The van der Waals surface area contributed by atoms with E-state index in [0.29, 0.717) is 5.75 Å². The van der Waals surface area contributed by atoms with E-state index in [-0.39, 0.29) is 24.7 Å². The second-order valence-corrected chi connectivity index (χ2v) is 6.75. The first kappa shape index (κ1) is 22.9. The number of para-hydroxylation sites is 1. The number of anilines is 2. The zero-order chi connectivity index (χ0) is 21.9. The predicted octanol–water partition coefficient (Wildman–Crippen LogP) is 3.72. The SMILES string of the molecule is CCN(CC)c1ccc(C=NNC(=O)CCC(=O)Nc2ccccc2C)c(OC)c1. The summed E-state index contributed by atoms with van der Waals surface area (Å²) in [5, 5.41) is 6.80. The Morgan fingerprint density at radius 3 is 2.43 bits per heavy atom. The molecule has 2 aromatic rings. The third-order valence-corrected chi connectivity index (χ3v) is 4.74. The molecule has 7 heteroatoms. The lowest BCUT2D eigenvalue weighted by atomic mass is 10.2. The standard InChI is InChI=1S/C23H30N4O3/c1-5-27(6-2)19-12-11-18(21(15-19)30-4)16-24-26-23(29)14-13-22(28)25-20-10-8-7-9-17(20)3/h7-12,15-16H,5-6,13-14H2,1-4H3,(H,25,28)(H,26,29). The number of aryl methyl sites for hydroxylation is 1. The molecule has 0 atom stereocenters. The molecule has 0 saturated heterocycles. The monoisotopic (exact) mass is 410 g/mol. The van der Waals surface area contributed by atoms with E-state index in [0.717, 1.165) is 35.6 Å². The molecule has 2 N–H and O–H groups in total. The van der Waals surface area contributed by atoms with E-state index >= 15 is 0 Å². The molecule has 160 valence electrons. The summed E-state index contributed by atoms with van der Waals surface area (Å²) in [6.45, 7) is 7.92. The van der Waals surface area contributed by atoms with Crippen molar-refractivity contribution in [1.82, 2.24) is 5.43 Å². The molecule has 0 aliphatic carbocycles. The van der Waals surface area contributed by atoms with Crippen molar-refractivity contribution >= 4 is 29.4 Å². The van der Waals surface area contributed by atoms with Gasteiger partial charge in [0.15, 0.2) is 0 Å². The third-order valence-electron chi connectivity index (χ3n) is 4.74. The van der Waals surface area contributed by atoms with Crippen molar-refractivity contribution in [2.24, 2.45) is 5.10 Å². The number of ether oxygens (including phenoxy) is 1. The van der Waals surface area contributed by atoms with Gasteiger partial charge in [-0.05, 0) is 44.5 Å². The fourth-order valence-electron chi connectivity index (χ4n) is 2.97. The normalized spacial score (nSPS) is 10.7. The van der Waals surface area contributed by atoms with Crippen molar-refractivity contribution in [3.05, 3.63) is 53.6 Å². The third kappa shape index (κ3) is 6.62. The lowest BCUT2D eigenvalue weighted by molar-refractivity contribution is -0.124. The predicted molar refractivity (Wildman–Crippen MR) is 121 cm³/mol. The molecule has 0 radical (unpaired) electrons. The highest BCUT2D eigenvalue weighted by molar-refractivity contribution is 5.94. The van der Waals surface area contributed by atoms with E-state index < -0.39 is 0 Å². The van der Waals surface area contributed by atoms with Crippen LogP contribution in [0.4, 0.5) is 11.4 Å². The highest BCUT2D eigenvalue weighted by Gasteiger charge is 2.09. The van der Waals surface area contributed by atoms with E-state index in [1.807, 2.05) is 49.4 Å². The van der Waals surface area contributed by atoms with Crippen molar-refractivity contribution in [3.63, 3.8) is 0 Å². The number of hydrogen-bond acceptors (Lipinski definition) is 5. The van der Waals surface area contributed by atoms with Gasteiger partial charge in [-0.25, -0.2) is 5.43 Å². The van der Waals surface area contributed by atoms with Gasteiger partial charge in [0.1, 0.15) is 5.75 Å². The van der Waals surface area contributed by atoms with Gasteiger partial charge in [0, 0.05) is 48.9 Å². The minimum atomic E-state index is -0.329. The van der Waals surface area contributed by atoms with Gasteiger partial charge in [-0.15, -0.1) is 0 Å². The van der Waals surface area contributed by atoms with Crippen LogP contribution in [0.2, 0.25) is 0 Å². The first-order valence-electron chi connectivity index (χ1n) is 10.1. The zero-order valence-electron chi connectivity index (χ0n) is 18.1. The number of benzene rings is 2. The fraction of sp³-hybridized carbons (Fsp3) is 0.348. The van der Waals surface area contributed by atoms with Crippen LogP contribution < -0.4 is 20.4 Å². The van der Waals surface area contributed by atoms with E-state index in [2.05, 4.69) is 34.6 Å². The first-order chi connectivity index (χ1) is 14.5. The van der Waals surface area contributed by atoms with Crippen LogP contribution in [-0.4, -0.2) is 38.2 Å². The Morgan fingerprint density at radius 2 is 1.77 bits per heavy atom. The average Bonchev–Trinajstić information content (AvgIpc) is 2.75. The summed E-state index contributed by atoms with van der Waals surface area (Å²) in [7, 11) is 1.60. The van der Waals surface area contributed by atoms with Crippen LogP contribution in [0.1, 0.15) is 37.8 Å². The van der Waals surface area contributed by atoms with Crippen molar-refractivity contribution in [2.45, 2.75) is 33.6 Å². The lowest BCUT2D eigenvalue weighted by Gasteiger charge is -2.21. The summed E-state index contributed by atoms with van der Waals surface area (Å²) in [5.74, 6) is 0.136. The van der Waals surface area contributed by atoms with Gasteiger partial charge in [-0.3, -0.25) is 9.59 Å². The van der Waals surface area contributed by atoms with Gasteiger partial charge in [0.2, 0.25) is 11.8 Å². The minimum absolute atomic E-state index is 0.0487. The van der Waals surface area contributed by atoms with Gasteiger partial charge in [-0.1, -0.05) is 18.2 Å². The summed E-state index contributed by atoms with van der Waals surface area (Å²) in [5.41, 5.74) is 6.00. The smallest absolute Gasteiger partial charge is 0.240 e. The van der Waals surface area contributed by atoms with Crippen LogP contribution in [0.15, 0.2) is 47.6 Å². The van der Waals surface area contributed by atoms with Crippen molar-refractivity contribution in [2.75, 3.05) is 30.4 Å². The Hall–Kier alpha value is -3.35. The Kier molecular flexibility index (Phi) is 8.87. The second-order valence-electron chi connectivity index (χ2n) is 6.75. The molecular formula is C23H30N4O3. The Bertz CT molecular complexity index is 892. The summed E-state index contributed by atoms with van der Waals surface area (Å²) >= 11 is 0. The quantitative estimate of drug-likeness (QED) is 0.462. The summed E-state index contributed by atoms with van der Waals surface area (Å²) in [4.78, 5) is 26.2. The molecule has 0 unspecified atom stereocenters. The number of amides is 2. The number of nitrogens with one attached hydrogen (secondary N) is 2. The van der Waals surface area contributed by atoms with Crippen LogP contribution in [0.25, 0.3) is 0 Å². The van der Waals surface area contributed by atoms with E-state index in [4.69, 9.17) is 4.74 Å². The summed E-state index contributed by atoms with van der Waals surface area (Å²) in [6.07, 6.45) is 1.67. The van der Waals surface area contributed by atoms with Crippen LogP contribution in [-0.2, 0) is 9.59 Å². The lowest BCUT2D eigenvalue weighted by Crippen LogP contribution is -2.22. The molecule has 7 nitrogen and oxygen atoms in total. The van der Waals surface area contributed by atoms with Gasteiger partial charge in [-0.2, -0.15) is 5.10 Å². The maximum atomic E-state index is 12.0. The van der Waals surface area contributed by atoms with E-state index in [1.165, 1.54) is 6.21 Å². The number of rotatable bonds is 10. The first-order valence-corrected chi connectivity index (χ1v) is 10.1. The topological polar surface area (TPSA) is 83.0 Å². The van der Waals surface area contributed by atoms with Gasteiger partial charge < -0.3 is 15.0 Å². The molecule has 30 heavy (non-hydrogen) atoms. The molecule has 2 amide bonds. The number of hydrazone groups is 1. The Balaban J connectivity index is 1.86. The summed E-state index contributed by atoms with van der Waals surface area (Å²) in [6, 6.07) is 13.4. The highest BCUT2D eigenvalue weighted by atomic mass is 16.5. The van der Waals surface area contributed by atoms with Crippen LogP contribution in [0.5, 0.6) is 5.75 Å². The molecule has 2 aromatic carbocycles. The zero-order valence-corrected chi connectivity index (χ0v) is 18.1. The van der Waals surface area contributed by atoms with E-state index in [9.17, 15) is 9.59 Å². The molecule has 0 saturated carbocycles. The average molecular weight is 411 g/mol. The number of nitrogens with zero attached hydrogens (tertiary/aromatic N) is 2. The Labute approximate surface area is 178 Å². The molecule has 0 bridgehead atoms. The largest absolute Gasteiger partial charge is 0.496 e. The van der Waals surface area contributed by atoms with Crippen molar-refractivity contribution < 1.29 is 14.3 Å². The van der Waals surface area contributed by atoms with Crippen molar-refractivity contribution in [1.29, 1.82) is 0 Å². The minimum Gasteiger partial charge on any atom is -0.496 e. The highest BCUT2D eigenvalue weighted by Crippen LogP contribution is 2.24. The number of methoxy groups -OCH3 is 1. The van der Waals surface area contributed by atoms with Gasteiger partial charge >= 0.3 is 0 Å². The van der Waals surface area contributed by atoms with Gasteiger partial charge in [0.05, 0.1) is 13.3 Å². The summed E-state index contributed by atoms with van der Waals surface area (Å²) < 4.78 is 5.44. The molecule has 0 heterocycles. The molecule has 0 spiro atoms. The molecule has 0 aliphatic heterocycles. The Morgan fingerprint density at radius 1 is 1.07 bits per heavy atom. The molecule has 0 fully saturated rings. The molecule has 0 aromatic heterocycles. The van der Waals surface area contributed by atoms with Crippen molar-refractivity contribution in [3.8, 4) is 5.75 Å². The number of carbonyl (C=O) groups excluding carboxylic acids is 2. The molecule has 0 aliphatic rings. The number of carbonyl (C=O) groups is 2. The van der Waals surface area contributed by atoms with Crippen LogP contribution in [0, 0.1) is 6.92 Å². The number of hydrogen-bond donors (Lipinski definition) is 2. The molecular weight excluding hydrogens is 380 g/mol. The van der Waals surface area contributed by atoms with E-state index in [1.54, 1.807) is 7.11 Å². The van der Waals surface area contributed by atoms with Gasteiger partial charge in [0.25, 0.3) is 0 Å². The fourth-order valence-corrected chi connectivity index (χ4v) is 2.97. The second kappa shape index (κ2) is 11.6.